The van der Waals surface area contributed by atoms with E-state index < -0.39 is 0 Å². The number of aryl methyl sites for hydroxylation is 1. The number of amidine groups is 1. The van der Waals surface area contributed by atoms with Gasteiger partial charge in [-0.15, -0.1) is 0 Å². The average molecular weight is 207 g/mol. The Bertz CT molecular complexity index is 402. The highest BCUT2D eigenvalue weighted by atomic mass is 16.5. The fourth-order valence-corrected chi connectivity index (χ4v) is 1.46. The molecular weight excluding hydrogens is 194 g/mol. The van der Waals surface area contributed by atoms with E-state index in [1.165, 1.54) is 0 Å². The van der Waals surface area contributed by atoms with Gasteiger partial charge in [0.1, 0.15) is 5.84 Å². The Hall–Kier alpha value is -1.88. The molecule has 0 aliphatic rings. The van der Waals surface area contributed by atoms with Gasteiger partial charge in [0, 0.05) is 11.3 Å². The van der Waals surface area contributed by atoms with Crippen molar-refractivity contribution in [1.29, 1.82) is 5.41 Å². The largest absolute Gasteiger partial charge is 0.328 e. The monoisotopic (exact) mass is 207 g/mol. The maximum absolute atomic E-state index is 10.4. The summed E-state index contributed by atoms with van der Waals surface area (Å²) in [6.07, 6.45) is 0.592. The van der Waals surface area contributed by atoms with Crippen molar-refractivity contribution in [2.75, 3.05) is 5.32 Å². The Morgan fingerprint density at radius 1 is 1.47 bits per heavy atom. The SMILES string of the molecule is Cc1ccc(C(=N)NO)c(C)c1NC=O. The maximum Gasteiger partial charge on any atom is 0.211 e. The highest BCUT2D eigenvalue weighted by molar-refractivity contribution is 5.99. The van der Waals surface area contributed by atoms with Gasteiger partial charge < -0.3 is 5.32 Å². The summed E-state index contributed by atoms with van der Waals surface area (Å²) in [4.78, 5) is 10.4. The molecule has 0 aromatic heterocycles. The minimum Gasteiger partial charge on any atom is -0.328 e. The molecule has 0 spiro atoms. The van der Waals surface area contributed by atoms with Crippen LogP contribution in [0.25, 0.3) is 0 Å². The van der Waals surface area contributed by atoms with Crippen LogP contribution in [0.15, 0.2) is 12.1 Å². The number of hydroxylamine groups is 1. The van der Waals surface area contributed by atoms with Crippen LogP contribution in [0.3, 0.4) is 0 Å². The van der Waals surface area contributed by atoms with Gasteiger partial charge in [-0.25, -0.2) is 0 Å². The minimum absolute atomic E-state index is 0.0959. The average Bonchev–Trinajstić information content (AvgIpc) is 2.23. The first kappa shape index (κ1) is 11.2. The zero-order valence-electron chi connectivity index (χ0n) is 8.59. The Kier molecular flexibility index (Phi) is 3.41. The van der Waals surface area contributed by atoms with E-state index in [0.29, 0.717) is 17.7 Å². The molecule has 0 aliphatic heterocycles. The number of hydrogen-bond donors (Lipinski definition) is 4. The third-order valence-electron chi connectivity index (χ3n) is 2.26. The van der Waals surface area contributed by atoms with Crippen molar-refractivity contribution in [3.63, 3.8) is 0 Å². The highest BCUT2D eigenvalue weighted by Crippen LogP contribution is 2.22. The second-order valence-corrected chi connectivity index (χ2v) is 3.18. The zero-order chi connectivity index (χ0) is 11.4. The fraction of sp³-hybridized carbons (Fsp3) is 0.200. The molecule has 0 unspecified atom stereocenters. The van der Waals surface area contributed by atoms with E-state index in [2.05, 4.69) is 5.32 Å². The summed E-state index contributed by atoms with van der Waals surface area (Å²) in [7, 11) is 0. The van der Waals surface area contributed by atoms with E-state index in [4.69, 9.17) is 10.6 Å². The van der Waals surface area contributed by atoms with Gasteiger partial charge in [0.25, 0.3) is 0 Å². The van der Waals surface area contributed by atoms with Crippen LogP contribution in [0.5, 0.6) is 0 Å². The van der Waals surface area contributed by atoms with E-state index in [9.17, 15) is 4.79 Å². The van der Waals surface area contributed by atoms with Crippen molar-refractivity contribution in [1.82, 2.24) is 5.48 Å². The normalized spacial score (nSPS) is 9.53. The molecule has 0 saturated heterocycles. The molecule has 0 aliphatic carbocycles. The maximum atomic E-state index is 10.4. The smallest absolute Gasteiger partial charge is 0.211 e. The Morgan fingerprint density at radius 3 is 2.67 bits per heavy atom. The lowest BCUT2D eigenvalue weighted by Crippen LogP contribution is -2.20. The summed E-state index contributed by atoms with van der Waals surface area (Å²) < 4.78 is 0. The number of amides is 1. The zero-order valence-corrected chi connectivity index (χ0v) is 8.59. The molecule has 0 heterocycles. The van der Waals surface area contributed by atoms with E-state index in [1.807, 2.05) is 6.92 Å². The molecule has 80 valence electrons. The predicted octanol–water partition coefficient (Wildman–Crippen LogP) is 1.18. The molecule has 15 heavy (non-hydrogen) atoms. The van der Waals surface area contributed by atoms with Crippen molar-refractivity contribution in [2.45, 2.75) is 13.8 Å². The summed E-state index contributed by atoms with van der Waals surface area (Å²) >= 11 is 0. The molecule has 0 bridgehead atoms. The Balaban J connectivity index is 3.27. The molecule has 1 aromatic carbocycles. The van der Waals surface area contributed by atoms with E-state index in [-0.39, 0.29) is 5.84 Å². The quantitative estimate of drug-likeness (QED) is 0.260. The van der Waals surface area contributed by atoms with Crippen LogP contribution in [-0.4, -0.2) is 17.5 Å². The Morgan fingerprint density at radius 2 is 2.13 bits per heavy atom. The van der Waals surface area contributed by atoms with Crippen LogP contribution >= 0.6 is 0 Å². The van der Waals surface area contributed by atoms with Crippen molar-refractivity contribution in [3.05, 3.63) is 28.8 Å². The third-order valence-corrected chi connectivity index (χ3v) is 2.26. The second-order valence-electron chi connectivity index (χ2n) is 3.18. The van der Waals surface area contributed by atoms with Crippen molar-refractivity contribution >= 4 is 17.9 Å². The third kappa shape index (κ3) is 2.13. The lowest BCUT2D eigenvalue weighted by Gasteiger charge is -2.13. The van der Waals surface area contributed by atoms with Crippen LogP contribution < -0.4 is 10.8 Å². The van der Waals surface area contributed by atoms with Crippen LogP contribution in [-0.2, 0) is 4.79 Å². The molecule has 1 amide bonds. The van der Waals surface area contributed by atoms with Crippen LogP contribution in [0.4, 0.5) is 5.69 Å². The van der Waals surface area contributed by atoms with Crippen molar-refractivity contribution in [2.24, 2.45) is 0 Å². The van der Waals surface area contributed by atoms with E-state index in [1.54, 1.807) is 24.5 Å². The molecular formula is C10H13N3O2. The Labute approximate surface area is 87.6 Å². The number of rotatable bonds is 3. The second kappa shape index (κ2) is 4.56. The van der Waals surface area contributed by atoms with Gasteiger partial charge in [0.2, 0.25) is 6.41 Å². The number of anilines is 1. The first-order valence-corrected chi connectivity index (χ1v) is 4.41. The van der Waals surface area contributed by atoms with Gasteiger partial charge in [-0.05, 0) is 25.0 Å². The predicted molar refractivity (Wildman–Crippen MR) is 57.4 cm³/mol. The molecule has 5 nitrogen and oxygen atoms in total. The lowest BCUT2D eigenvalue weighted by molar-refractivity contribution is -0.105. The molecule has 0 saturated carbocycles. The molecule has 0 radical (unpaired) electrons. The molecule has 0 atom stereocenters. The van der Waals surface area contributed by atoms with E-state index in [0.717, 1.165) is 11.1 Å². The van der Waals surface area contributed by atoms with Gasteiger partial charge in [0.15, 0.2) is 0 Å². The summed E-state index contributed by atoms with van der Waals surface area (Å²) in [6, 6.07) is 3.49. The van der Waals surface area contributed by atoms with Crippen LogP contribution in [0, 0.1) is 19.3 Å². The van der Waals surface area contributed by atoms with Gasteiger partial charge >= 0.3 is 0 Å². The molecule has 5 heteroatoms. The minimum atomic E-state index is -0.0959. The van der Waals surface area contributed by atoms with Crippen LogP contribution in [0.2, 0.25) is 0 Å². The number of nitrogens with one attached hydrogen (secondary N) is 3. The van der Waals surface area contributed by atoms with Gasteiger partial charge in [-0.2, -0.15) is 0 Å². The first-order valence-electron chi connectivity index (χ1n) is 4.41. The van der Waals surface area contributed by atoms with Crippen LogP contribution in [0.1, 0.15) is 16.7 Å². The van der Waals surface area contributed by atoms with Gasteiger partial charge in [-0.1, -0.05) is 12.1 Å². The summed E-state index contributed by atoms with van der Waals surface area (Å²) in [6.45, 7) is 3.64. The molecule has 4 N–H and O–H groups in total. The highest BCUT2D eigenvalue weighted by Gasteiger charge is 2.09. The summed E-state index contributed by atoms with van der Waals surface area (Å²) in [5.41, 5.74) is 4.65. The van der Waals surface area contributed by atoms with Gasteiger partial charge in [0.05, 0.1) is 0 Å². The number of hydrogen-bond acceptors (Lipinski definition) is 3. The summed E-state index contributed by atoms with van der Waals surface area (Å²) in [5, 5.41) is 18.7. The molecule has 1 rings (SSSR count). The first-order chi connectivity index (χ1) is 7.11. The van der Waals surface area contributed by atoms with E-state index >= 15 is 0 Å². The fourth-order valence-electron chi connectivity index (χ4n) is 1.46. The molecule has 0 fully saturated rings. The number of carbonyl (C=O) groups is 1. The van der Waals surface area contributed by atoms with Crippen molar-refractivity contribution in [3.8, 4) is 0 Å². The number of carbonyl (C=O) groups excluding carboxylic acids is 1. The van der Waals surface area contributed by atoms with Crippen molar-refractivity contribution < 1.29 is 10.0 Å². The molecule has 1 aromatic rings. The number of benzene rings is 1. The standard InChI is InChI=1S/C10H13N3O2/c1-6-3-4-8(10(11)13-15)7(2)9(6)12-5-14/h3-5,15H,1-2H3,(H2,11,13)(H,12,14). The lowest BCUT2D eigenvalue weighted by atomic mass is 10.0. The summed E-state index contributed by atoms with van der Waals surface area (Å²) in [5.74, 6) is -0.0959. The van der Waals surface area contributed by atoms with Gasteiger partial charge in [-0.3, -0.25) is 20.9 Å². The topological polar surface area (TPSA) is 85.2 Å².